The van der Waals surface area contributed by atoms with Crippen molar-refractivity contribution in [2.45, 2.75) is 58.0 Å². The van der Waals surface area contributed by atoms with E-state index < -0.39 is 12.5 Å². The van der Waals surface area contributed by atoms with Crippen molar-refractivity contribution in [2.24, 2.45) is 11.8 Å². The highest BCUT2D eigenvalue weighted by Gasteiger charge is 2.43. The fourth-order valence-corrected chi connectivity index (χ4v) is 2.95. The zero-order valence-electron chi connectivity index (χ0n) is 12.7. The first-order chi connectivity index (χ1) is 10.4. The average Bonchev–Trinajstić information content (AvgIpc) is 2.46. The van der Waals surface area contributed by atoms with Gasteiger partial charge in [-0.15, -0.1) is 0 Å². The molecule has 0 atom stereocenters. The largest absolute Gasteiger partial charge is 0.461 e. The molecular formula is C17H22F4O. The van der Waals surface area contributed by atoms with Gasteiger partial charge in [-0.25, -0.2) is 0 Å². The normalized spacial score (nSPS) is 22.8. The van der Waals surface area contributed by atoms with Crippen LogP contribution in [0, 0.1) is 11.8 Å². The number of hydrogen-bond acceptors (Lipinski definition) is 1. The highest BCUT2D eigenvalue weighted by molar-refractivity contribution is 5.29. The number of rotatable bonds is 6. The molecule has 1 aliphatic carbocycles. The summed E-state index contributed by atoms with van der Waals surface area (Å²) in [6.07, 6.45) is -1.61. The van der Waals surface area contributed by atoms with Gasteiger partial charge in [0.15, 0.2) is 0 Å². The van der Waals surface area contributed by atoms with Crippen LogP contribution >= 0.6 is 0 Å². The molecular weight excluding hydrogens is 296 g/mol. The van der Waals surface area contributed by atoms with Crippen LogP contribution in [0.4, 0.5) is 17.6 Å². The van der Waals surface area contributed by atoms with E-state index in [1.165, 1.54) is 37.8 Å². The SMILES string of the molecule is CC1CCC(CCc2cccc(OC(F)(F)C(F)F)c2)CC1. The summed E-state index contributed by atoms with van der Waals surface area (Å²) in [6.45, 7) is 2.26. The molecule has 22 heavy (non-hydrogen) atoms. The predicted octanol–water partition coefficient (Wildman–Crippen LogP) is 5.68. The summed E-state index contributed by atoms with van der Waals surface area (Å²) in [7, 11) is 0. The molecule has 0 aliphatic heterocycles. The molecule has 0 N–H and O–H groups in total. The molecule has 0 heterocycles. The number of alkyl halides is 4. The molecule has 1 nitrogen and oxygen atoms in total. The Morgan fingerprint density at radius 2 is 1.86 bits per heavy atom. The third-order valence-electron chi connectivity index (χ3n) is 4.38. The van der Waals surface area contributed by atoms with E-state index in [0.29, 0.717) is 5.92 Å². The zero-order valence-corrected chi connectivity index (χ0v) is 12.7. The van der Waals surface area contributed by atoms with Gasteiger partial charge in [-0.3, -0.25) is 0 Å². The molecule has 1 aromatic carbocycles. The molecule has 0 aromatic heterocycles. The molecule has 124 valence electrons. The number of benzene rings is 1. The monoisotopic (exact) mass is 318 g/mol. The summed E-state index contributed by atoms with van der Waals surface area (Å²) < 4.78 is 54.2. The molecule has 0 unspecified atom stereocenters. The molecule has 0 saturated heterocycles. The lowest BCUT2D eigenvalue weighted by atomic mass is 9.80. The first-order valence-corrected chi connectivity index (χ1v) is 7.80. The fraction of sp³-hybridized carbons (Fsp3) is 0.647. The van der Waals surface area contributed by atoms with Crippen LogP contribution in [-0.2, 0) is 6.42 Å². The minimum absolute atomic E-state index is 0.208. The van der Waals surface area contributed by atoms with E-state index in [2.05, 4.69) is 11.7 Å². The fourth-order valence-electron chi connectivity index (χ4n) is 2.95. The second-order valence-corrected chi connectivity index (χ2v) is 6.28. The van der Waals surface area contributed by atoms with Gasteiger partial charge in [-0.05, 0) is 42.4 Å². The van der Waals surface area contributed by atoms with Crippen LogP contribution < -0.4 is 4.74 Å². The lowest BCUT2D eigenvalue weighted by Gasteiger charge is -2.26. The number of halogens is 4. The quantitative estimate of drug-likeness (QED) is 0.613. The van der Waals surface area contributed by atoms with Crippen molar-refractivity contribution in [1.82, 2.24) is 0 Å². The molecule has 2 rings (SSSR count). The van der Waals surface area contributed by atoms with E-state index in [-0.39, 0.29) is 5.75 Å². The van der Waals surface area contributed by atoms with Crippen molar-refractivity contribution in [3.8, 4) is 5.75 Å². The molecule has 1 saturated carbocycles. The van der Waals surface area contributed by atoms with Crippen LogP contribution in [0.15, 0.2) is 24.3 Å². The van der Waals surface area contributed by atoms with Gasteiger partial charge in [-0.2, -0.15) is 17.6 Å². The predicted molar refractivity (Wildman–Crippen MR) is 77.5 cm³/mol. The third-order valence-corrected chi connectivity index (χ3v) is 4.38. The van der Waals surface area contributed by atoms with Gasteiger partial charge >= 0.3 is 12.5 Å². The molecule has 1 aromatic rings. The van der Waals surface area contributed by atoms with Crippen LogP contribution in [0.2, 0.25) is 0 Å². The lowest BCUT2D eigenvalue weighted by Crippen LogP contribution is -2.33. The molecule has 0 spiro atoms. The number of aryl methyl sites for hydroxylation is 1. The average molecular weight is 318 g/mol. The molecule has 1 fully saturated rings. The first kappa shape index (κ1) is 17.1. The molecule has 1 aliphatic rings. The van der Waals surface area contributed by atoms with Gasteiger partial charge in [0.2, 0.25) is 0 Å². The summed E-state index contributed by atoms with van der Waals surface area (Å²) in [5, 5.41) is 0. The second kappa shape index (κ2) is 7.34. The van der Waals surface area contributed by atoms with Crippen molar-refractivity contribution in [3.05, 3.63) is 29.8 Å². The lowest BCUT2D eigenvalue weighted by molar-refractivity contribution is -0.253. The summed E-state index contributed by atoms with van der Waals surface area (Å²) in [5.41, 5.74) is 0.848. The molecule has 0 bridgehead atoms. The Balaban J connectivity index is 1.89. The van der Waals surface area contributed by atoms with Crippen LogP contribution in [0.5, 0.6) is 5.75 Å². The Labute approximate surface area is 128 Å². The van der Waals surface area contributed by atoms with Gasteiger partial charge in [0.1, 0.15) is 5.75 Å². The topological polar surface area (TPSA) is 9.23 Å². The standard InChI is InChI=1S/C17H22F4O/c1-12-5-7-13(8-6-12)9-10-14-3-2-4-15(11-14)22-17(20,21)16(18)19/h2-4,11-13,16H,5-10H2,1H3. The van der Waals surface area contributed by atoms with E-state index in [4.69, 9.17) is 0 Å². The molecule has 0 amide bonds. The maximum Gasteiger partial charge on any atom is 0.461 e. The van der Waals surface area contributed by atoms with Crippen molar-refractivity contribution in [3.63, 3.8) is 0 Å². The van der Waals surface area contributed by atoms with Gasteiger partial charge in [0.05, 0.1) is 0 Å². The Hall–Kier alpha value is -1.26. The van der Waals surface area contributed by atoms with Crippen LogP contribution in [0.25, 0.3) is 0 Å². The Morgan fingerprint density at radius 3 is 2.50 bits per heavy atom. The van der Waals surface area contributed by atoms with Crippen LogP contribution in [-0.4, -0.2) is 12.5 Å². The Bertz CT molecular complexity index is 467. The van der Waals surface area contributed by atoms with Crippen LogP contribution in [0.1, 0.15) is 44.6 Å². The van der Waals surface area contributed by atoms with E-state index in [1.54, 1.807) is 6.07 Å². The summed E-state index contributed by atoms with van der Waals surface area (Å²) in [6, 6.07) is 6.10. The first-order valence-electron chi connectivity index (χ1n) is 7.80. The second-order valence-electron chi connectivity index (χ2n) is 6.28. The van der Waals surface area contributed by atoms with Gasteiger partial charge in [-0.1, -0.05) is 44.7 Å². The maximum atomic E-state index is 12.9. The maximum absolute atomic E-state index is 12.9. The number of hydrogen-bond donors (Lipinski definition) is 0. The summed E-state index contributed by atoms with van der Waals surface area (Å²) >= 11 is 0. The van der Waals surface area contributed by atoms with E-state index >= 15 is 0 Å². The van der Waals surface area contributed by atoms with Gasteiger partial charge < -0.3 is 4.74 Å². The molecule has 5 heteroatoms. The Kier molecular flexibility index (Phi) is 5.70. The van der Waals surface area contributed by atoms with Crippen LogP contribution in [0.3, 0.4) is 0 Å². The Morgan fingerprint density at radius 1 is 1.18 bits per heavy atom. The summed E-state index contributed by atoms with van der Waals surface area (Å²) in [5.74, 6) is 1.26. The van der Waals surface area contributed by atoms with E-state index in [1.807, 2.05) is 6.07 Å². The van der Waals surface area contributed by atoms with Crippen molar-refractivity contribution < 1.29 is 22.3 Å². The van der Waals surface area contributed by atoms with E-state index in [9.17, 15) is 17.6 Å². The van der Waals surface area contributed by atoms with E-state index in [0.717, 1.165) is 24.3 Å². The molecule has 0 radical (unpaired) electrons. The van der Waals surface area contributed by atoms with Crippen molar-refractivity contribution >= 4 is 0 Å². The third kappa shape index (κ3) is 4.89. The number of ether oxygens (including phenoxy) is 1. The van der Waals surface area contributed by atoms with Crippen molar-refractivity contribution in [1.29, 1.82) is 0 Å². The zero-order chi connectivity index (χ0) is 16.2. The highest BCUT2D eigenvalue weighted by Crippen LogP contribution is 2.32. The minimum atomic E-state index is -4.45. The van der Waals surface area contributed by atoms with Gasteiger partial charge in [0.25, 0.3) is 0 Å². The minimum Gasteiger partial charge on any atom is -0.428 e. The van der Waals surface area contributed by atoms with Crippen molar-refractivity contribution in [2.75, 3.05) is 0 Å². The smallest absolute Gasteiger partial charge is 0.428 e. The highest BCUT2D eigenvalue weighted by atomic mass is 19.3. The summed E-state index contributed by atoms with van der Waals surface area (Å²) in [4.78, 5) is 0. The van der Waals surface area contributed by atoms with Gasteiger partial charge in [0, 0.05) is 0 Å².